The maximum Gasteiger partial charge on any atom is 0.338 e. The molecule has 0 aliphatic rings. The molecular weight excluding hydrogens is 394 g/mol. The molecule has 0 unspecified atom stereocenters. The average molecular weight is 426 g/mol. The zero-order chi connectivity index (χ0) is 22.8. The van der Waals surface area contributed by atoms with Gasteiger partial charge in [-0.2, -0.15) is 0 Å². The van der Waals surface area contributed by atoms with E-state index in [9.17, 15) is 14.4 Å². The van der Waals surface area contributed by atoms with Gasteiger partial charge in [-0.1, -0.05) is 44.2 Å². The Morgan fingerprint density at radius 1 is 0.935 bits per heavy atom. The van der Waals surface area contributed by atoms with Gasteiger partial charge in [0.05, 0.1) is 5.56 Å². The zero-order valence-electron chi connectivity index (χ0n) is 18.6. The standard InChI is InChI=1S/C24H31N3O4/c1-5-18-8-7-9-19(6-2)22(18)27-21(28)15-31-23(29)20-12-10-17(11-13-20)14-25-24(30)26-16(3)4/h7-13,16H,5-6,14-15H2,1-4H3,(H,27,28)(H2,25,26,30). The fraction of sp³-hybridized carbons (Fsp3) is 0.375. The number of urea groups is 1. The molecule has 0 spiro atoms. The van der Waals surface area contributed by atoms with Crippen molar-refractivity contribution < 1.29 is 19.1 Å². The van der Waals surface area contributed by atoms with Crippen molar-refractivity contribution in [2.24, 2.45) is 0 Å². The van der Waals surface area contributed by atoms with Gasteiger partial charge < -0.3 is 20.7 Å². The largest absolute Gasteiger partial charge is 0.452 e. The number of nitrogens with one attached hydrogen (secondary N) is 3. The molecule has 3 N–H and O–H groups in total. The van der Waals surface area contributed by atoms with E-state index in [0.717, 1.165) is 35.2 Å². The SMILES string of the molecule is CCc1cccc(CC)c1NC(=O)COC(=O)c1ccc(CNC(=O)NC(C)C)cc1. The van der Waals surface area contributed by atoms with Gasteiger partial charge in [-0.15, -0.1) is 0 Å². The minimum atomic E-state index is -0.577. The third-order valence-electron chi connectivity index (χ3n) is 4.66. The molecule has 0 heterocycles. The Morgan fingerprint density at radius 3 is 2.10 bits per heavy atom. The molecule has 0 radical (unpaired) electrons. The fourth-order valence-electron chi connectivity index (χ4n) is 3.05. The van der Waals surface area contributed by atoms with Crippen molar-refractivity contribution in [1.29, 1.82) is 0 Å². The first-order chi connectivity index (χ1) is 14.8. The second-order valence-corrected chi connectivity index (χ2v) is 7.46. The first kappa shape index (κ1) is 23.9. The summed E-state index contributed by atoms with van der Waals surface area (Å²) in [6.07, 6.45) is 1.59. The van der Waals surface area contributed by atoms with Crippen molar-refractivity contribution in [2.75, 3.05) is 11.9 Å². The van der Waals surface area contributed by atoms with Crippen molar-refractivity contribution >= 4 is 23.6 Å². The number of carbonyl (C=O) groups is 3. The summed E-state index contributed by atoms with van der Waals surface area (Å²) in [7, 11) is 0. The summed E-state index contributed by atoms with van der Waals surface area (Å²) in [4.78, 5) is 36.2. The highest BCUT2D eigenvalue weighted by Crippen LogP contribution is 2.22. The number of benzene rings is 2. The van der Waals surface area contributed by atoms with Crippen LogP contribution < -0.4 is 16.0 Å². The summed E-state index contributed by atoms with van der Waals surface area (Å²) in [6.45, 7) is 7.80. The quantitative estimate of drug-likeness (QED) is 0.532. The van der Waals surface area contributed by atoms with Crippen molar-refractivity contribution in [3.8, 4) is 0 Å². The molecule has 0 fully saturated rings. The molecule has 0 aliphatic carbocycles. The second-order valence-electron chi connectivity index (χ2n) is 7.46. The lowest BCUT2D eigenvalue weighted by molar-refractivity contribution is -0.119. The Morgan fingerprint density at radius 2 is 1.55 bits per heavy atom. The van der Waals surface area contributed by atoms with E-state index in [2.05, 4.69) is 16.0 Å². The Hall–Kier alpha value is -3.35. The maximum atomic E-state index is 12.3. The Balaban J connectivity index is 1.87. The van der Waals surface area contributed by atoms with Crippen molar-refractivity contribution in [3.05, 3.63) is 64.7 Å². The molecule has 0 aromatic heterocycles. The summed E-state index contributed by atoms with van der Waals surface area (Å²) in [5.41, 5.74) is 4.07. The summed E-state index contributed by atoms with van der Waals surface area (Å²) in [5.74, 6) is -0.951. The van der Waals surface area contributed by atoms with Crippen LogP contribution in [0.4, 0.5) is 10.5 Å². The van der Waals surface area contributed by atoms with Gasteiger partial charge in [0.2, 0.25) is 0 Å². The smallest absolute Gasteiger partial charge is 0.338 e. The Kier molecular flexibility index (Phi) is 9.06. The monoisotopic (exact) mass is 425 g/mol. The summed E-state index contributed by atoms with van der Waals surface area (Å²) >= 11 is 0. The normalized spacial score (nSPS) is 10.5. The zero-order valence-corrected chi connectivity index (χ0v) is 18.6. The van der Waals surface area contributed by atoms with Gasteiger partial charge in [0.25, 0.3) is 5.91 Å². The number of carbonyl (C=O) groups excluding carboxylic acids is 3. The first-order valence-corrected chi connectivity index (χ1v) is 10.5. The highest BCUT2D eigenvalue weighted by molar-refractivity contribution is 5.96. The van der Waals surface area contributed by atoms with Crippen LogP contribution in [0.5, 0.6) is 0 Å². The predicted octanol–water partition coefficient (Wildman–Crippen LogP) is 3.81. The van der Waals surface area contributed by atoms with Crippen LogP contribution in [0.25, 0.3) is 0 Å². The summed E-state index contributed by atoms with van der Waals surface area (Å²) in [6, 6.07) is 12.4. The predicted molar refractivity (Wildman–Crippen MR) is 121 cm³/mol. The molecule has 0 saturated carbocycles. The lowest BCUT2D eigenvalue weighted by Crippen LogP contribution is -2.39. The number of ether oxygens (including phenoxy) is 1. The van der Waals surface area contributed by atoms with Crippen molar-refractivity contribution in [1.82, 2.24) is 10.6 Å². The highest BCUT2D eigenvalue weighted by atomic mass is 16.5. The van der Waals surface area contributed by atoms with Gasteiger partial charge in [-0.05, 0) is 55.5 Å². The summed E-state index contributed by atoms with van der Waals surface area (Å²) < 4.78 is 5.16. The van der Waals surface area contributed by atoms with Crippen LogP contribution in [0, 0.1) is 0 Å². The Bertz CT molecular complexity index is 885. The molecular formula is C24H31N3O4. The second kappa shape index (κ2) is 11.7. The van der Waals surface area contributed by atoms with Gasteiger partial charge >= 0.3 is 12.0 Å². The Labute approximate surface area is 183 Å². The number of rotatable bonds is 9. The van der Waals surface area contributed by atoms with Crippen LogP contribution in [0.1, 0.15) is 54.7 Å². The fourth-order valence-corrected chi connectivity index (χ4v) is 3.05. The van der Waals surface area contributed by atoms with E-state index in [1.54, 1.807) is 24.3 Å². The maximum absolute atomic E-state index is 12.3. The topological polar surface area (TPSA) is 96.5 Å². The average Bonchev–Trinajstić information content (AvgIpc) is 2.76. The molecule has 2 aromatic carbocycles. The number of hydrogen-bond donors (Lipinski definition) is 3. The van der Waals surface area contributed by atoms with E-state index in [4.69, 9.17) is 4.74 Å². The van der Waals surface area contributed by atoms with E-state index in [0.29, 0.717) is 12.1 Å². The van der Waals surface area contributed by atoms with Crippen molar-refractivity contribution in [3.63, 3.8) is 0 Å². The highest BCUT2D eigenvalue weighted by Gasteiger charge is 2.13. The molecule has 7 nitrogen and oxygen atoms in total. The third kappa shape index (κ3) is 7.44. The lowest BCUT2D eigenvalue weighted by Gasteiger charge is -2.14. The number of esters is 1. The van der Waals surface area contributed by atoms with Gasteiger partial charge in [0, 0.05) is 18.3 Å². The van der Waals surface area contributed by atoms with E-state index in [1.807, 2.05) is 45.9 Å². The number of para-hydroxylation sites is 1. The number of anilines is 1. The molecule has 3 amide bonds. The van der Waals surface area contributed by atoms with E-state index in [1.165, 1.54) is 0 Å². The molecule has 0 bridgehead atoms. The van der Waals surface area contributed by atoms with Crippen LogP contribution in [-0.2, 0) is 28.9 Å². The lowest BCUT2D eigenvalue weighted by atomic mass is 10.0. The van der Waals surface area contributed by atoms with E-state index >= 15 is 0 Å². The number of amides is 3. The van der Waals surface area contributed by atoms with Crippen LogP contribution in [0.3, 0.4) is 0 Å². The van der Waals surface area contributed by atoms with Gasteiger partial charge in [0.15, 0.2) is 6.61 Å². The molecule has 7 heteroatoms. The van der Waals surface area contributed by atoms with Crippen LogP contribution in [0.2, 0.25) is 0 Å². The van der Waals surface area contributed by atoms with E-state index < -0.39 is 5.97 Å². The first-order valence-electron chi connectivity index (χ1n) is 10.5. The van der Waals surface area contributed by atoms with Crippen LogP contribution in [0.15, 0.2) is 42.5 Å². The number of hydrogen-bond acceptors (Lipinski definition) is 4. The molecule has 166 valence electrons. The van der Waals surface area contributed by atoms with Gasteiger partial charge in [-0.25, -0.2) is 9.59 Å². The molecule has 0 aliphatic heterocycles. The third-order valence-corrected chi connectivity index (χ3v) is 4.66. The molecule has 0 saturated heterocycles. The minimum Gasteiger partial charge on any atom is -0.452 e. The van der Waals surface area contributed by atoms with Crippen LogP contribution in [-0.4, -0.2) is 30.6 Å². The van der Waals surface area contributed by atoms with E-state index in [-0.39, 0.29) is 24.6 Å². The molecule has 31 heavy (non-hydrogen) atoms. The van der Waals surface area contributed by atoms with Crippen molar-refractivity contribution in [2.45, 2.75) is 53.1 Å². The molecule has 2 aromatic rings. The molecule has 2 rings (SSSR count). The van der Waals surface area contributed by atoms with Gasteiger partial charge in [-0.3, -0.25) is 4.79 Å². The minimum absolute atomic E-state index is 0.0540. The van der Waals surface area contributed by atoms with Gasteiger partial charge in [0.1, 0.15) is 0 Å². The molecule has 0 atom stereocenters. The summed E-state index contributed by atoms with van der Waals surface area (Å²) in [5, 5.41) is 8.36. The number of aryl methyl sites for hydroxylation is 2. The van der Waals surface area contributed by atoms with Crippen LogP contribution >= 0.6 is 0 Å².